The van der Waals surface area contributed by atoms with Crippen molar-refractivity contribution in [3.8, 4) is 0 Å². The van der Waals surface area contributed by atoms with Crippen molar-refractivity contribution in [2.75, 3.05) is 6.26 Å². The normalized spacial score (nSPS) is 12.0. The molecule has 0 fully saturated rings. The fraction of sp³-hybridized carbons (Fsp3) is 0.143. The Kier molecular flexibility index (Phi) is 4.43. The number of aromatic nitrogens is 3. The lowest BCUT2D eigenvalue weighted by molar-refractivity contribution is 0.594. The smallest absolute Gasteiger partial charge is 0.213 e. The Hall–Kier alpha value is -1.09. The number of benzene rings is 1. The summed E-state index contributed by atoms with van der Waals surface area (Å²) in [5, 5.41) is 4.97. The van der Waals surface area contributed by atoms with Crippen LogP contribution in [0.4, 0.5) is 0 Å². The Morgan fingerprint density at radius 1 is 1.26 bits per heavy atom. The average molecular weight is 433 g/mol. The maximum atomic E-state index is 13.1. The van der Waals surface area contributed by atoms with Gasteiger partial charge in [-0.25, -0.2) is 17.9 Å². The van der Waals surface area contributed by atoms with Crippen LogP contribution in [0.25, 0.3) is 5.65 Å². The number of hydrogen-bond donors (Lipinski definition) is 0. The third-order valence-electron chi connectivity index (χ3n) is 3.19. The molecule has 3 aromatic rings. The van der Waals surface area contributed by atoms with Crippen LogP contribution in [0.15, 0.2) is 49.6 Å². The zero-order chi connectivity index (χ0) is 16.8. The molecular weight excluding hydrogens is 422 g/mol. The number of nitrogens with zero attached hydrogens (tertiary/aromatic N) is 3. The zero-order valence-electron chi connectivity index (χ0n) is 12.1. The zero-order valence-corrected chi connectivity index (χ0v) is 16.1. The summed E-state index contributed by atoms with van der Waals surface area (Å²) < 4.78 is 28.3. The van der Waals surface area contributed by atoms with Crippen molar-refractivity contribution >= 4 is 54.8 Å². The Morgan fingerprint density at radius 2 is 1.91 bits per heavy atom. The summed E-state index contributed by atoms with van der Waals surface area (Å²) in [6.45, 7) is 1.76. The highest BCUT2D eigenvalue weighted by atomic mass is 79.9. The lowest BCUT2D eigenvalue weighted by Crippen LogP contribution is -2.04. The largest absolute Gasteiger partial charge is 0.233 e. The van der Waals surface area contributed by atoms with Gasteiger partial charge >= 0.3 is 0 Å². The minimum atomic E-state index is -3.76. The maximum Gasteiger partial charge on any atom is 0.213 e. The third-order valence-corrected chi connectivity index (χ3v) is 6.59. The predicted octanol–water partition coefficient (Wildman–Crippen LogP) is 4.01. The second-order valence-electron chi connectivity index (χ2n) is 4.75. The molecule has 1 aromatic carbocycles. The van der Waals surface area contributed by atoms with Crippen LogP contribution in [0.1, 0.15) is 5.69 Å². The Bertz CT molecular complexity index is 1000. The molecule has 0 aliphatic carbocycles. The fourth-order valence-electron chi connectivity index (χ4n) is 2.16. The van der Waals surface area contributed by atoms with Gasteiger partial charge in [0.15, 0.2) is 10.5 Å². The molecule has 0 unspecified atom stereocenters. The summed E-state index contributed by atoms with van der Waals surface area (Å²) in [5.74, 6) is 0. The summed E-state index contributed by atoms with van der Waals surface area (Å²) >= 11 is 10.7. The van der Waals surface area contributed by atoms with Gasteiger partial charge in [0.1, 0.15) is 10.2 Å². The van der Waals surface area contributed by atoms with Gasteiger partial charge in [-0.3, -0.25) is 0 Å². The van der Waals surface area contributed by atoms with Crippen molar-refractivity contribution in [2.24, 2.45) is 0 Å². The van der Waals surface area contributed by atoms with Crippen LogP contribution in [0.3, 0.4) is 0 Å². The maximum absolute atomic E-state index is 13.1. The van der Waals surface area contributed by atoms with Crippen molar-refractivity contribution in [1.82, 2.24) is 14.6 Å². The van der Waals surface area contributed by atoms with E-state index in [-0.39, 0.29) is 15.4 Å². The number of thioether (sulfide) groups is 1. The lowest BCUT2D eigenvalue weighted by atomic mass is 10.4. The molecular formula is C14H11BrClN3O2S2. The molecule has 23 heavy (non-hydrogen) atoms. The van der Waals surface area contributed by atoms with Gasteiger partial charge in [-0.2, -0.15) is 5.10 Å². The van der Waals surface area contributed by atoms with E-state index in [4.69, 9.17) is 11.6 Å². The lowest BCUT2D eigenvalue weighted by Gasteiger charge is -2.05. The van der Waals surface area contributed by atoms with Crippen molar-refractivity contribution < 1.29 is 8.42 Å². The monoisotopic (exact) mass is 431 g/mol. The van der Waals surface area contributed by atoms with Crippen molar-refractivity contribution in [1.29, 1.82) is 0 Å². The van der Waals surface area contributed by atoms with Gasteiger partial charge in [-0.05, 0) is 43.5 Å². The fourth-order valence-corrected chi connectivity index (χ4v) is 5.09. The van der Waals surface area contributed by atoms with Crippen LogP contribution in [-0.2, 0) is 9.84 Å². The predicted molar refractivity (Wildman–Crippen MR) is 94.1 cm³/mol. The van der Waals surface area contributed by atoms with Crippen molar-refractivity contribution in [3.63, 3.8) is 0 Å². The quantitative estimate of drug-likeness (QED) is 0.462. The van der Waals surface area contributed by atoms with Gasteiger partial charge in [0.25, 0.3) is 0 Å². The second kappa shape index (κ2) is 6.08. The molecule has 0 atom stereocenters. The third kappa shape index (κ3) is 2.88. The van der Waals surface area contributed by atoms with E-state index in [1.807, 2.05) is 0 Å². The van der Waals surface area contributed by atoms with Crippen LogP contribution in [-0.4, -0.2) is 29.3 Å². The topological polar surface area (TPSA) is 64.3 Å². The average Bonchev–Trinajstić information content (AvgIpc) is 2.87. The van der Waals surface area contributed by atoms with E-state index < -0.39 is 9.84 Å². The summed E-state index contributed by atoms with van der Waals surface area (Å²) in [5.41, 5.74) is 0.865. The number of halogens is 2. The van der Waals surface area contributed by atoms with Crippen LogP contribution in [0, 0.1) is 6.92 Å². The first-order valence-electron chi connectivity index (χ1n) is 6.45. The van der Waals surface area contributed by atoms with E-state index in [1.54, 1.807) is 43.5 Å². The number of rotatable bonds is 3. The first-order valence-corrected chi connectivity index (χ1v) is 10.3. The summed E-state index contributed by atoms with van der Waals surface area (Å²) in [7, 11) is -3.76. The second-order valence-corrected chi connectivity index (χ2v) is 8.74. The highest BCUT2D eigenvalue weighted by Crippen LogP contribution is 2.33. The van der Waals surface area contributed by atoms with Gasteiger partial charge in [0.2, 0.25) is 9.84 Å². The molecule has 0 saturated heterocycles. The molecule has 5 nitrogen and oxygen atoms in total. The molecule has 9 heteroatoms. The molecule has 0 bridgehead atoms. The number of aryl methyl sites for hydroxylation is 1. The molecule has 0 radical (unpaired) electrons. The van der Waals surface area contributed by atoms with E-state index in [0.29, 0.717) is 15.9 Å². The van der Waals surface area contributed by atoms with Crippen molar-refractivity contribution in [3.05, 3.63) is 45.7 Å². The van der Waals surface area contributed by atoms with E-state index in [2.05, 4.69) is 26.0 Å². The molecule has 120 valence electrons. The van der Waals surface area contributed by atoms with Gasteiger partial charge in [-0.1, -0.05) is 27.5 Å². The van der Waals surface area contributed by atoms with Crippen LogP contribution < -0.4 is 0 Å². The Labute approximate surface area is 151 Å². The van der Waals surface area contributed by atoms with E-state index >= 15 is 0 Å². The highest BCUT2D eigenvalue weighted by molar-refractivity contribution is 9.10. The molecule has 0 amide bonds. The molecule has 3 rings (SSSR count). The highest BCUT2D eigenvalue weighted by Gasteiger charge is 2.29. The summed E-state index contributed by atoms with van der Waals surface area (Å²) in [4.78, 5) is 4.60. The van der Waals surface area contributed by atoms with Gasteiger partial charge in [0, 0.05) is 10.2 Å². The molecule has 0 spiro atoms. The minimum Gasteiger partial charge on any atom is -0.233 e. The van der Waals surface area contributed by atoms with E-state index in [1.165, 1.54) is 16.3 Å². The SMILES string of the molecule is CSc1nn2c(Cl)cc(C)nc2c1S(=O)(=O)c1ccc(Br)cc1. The van der Waals surface area contributed by atoms with Crippen LogP contribution in [0.5, 0.6) is 0 Å². The van der Waals surface area contributed by atoms with Crippen molar-refractivity contribution in [2.45, 2.75) is 21.7 Å². The molecule has 2 aromatic heterocycles. The standard InChI is InChI=1S/C14H11BrClN3O2S2/c1-8-7-11(16)19-13(17-8)12(14(18-19)22-2)23(20,21)10-5-3-9(15)4-6-10/h3-7H,1-2H3. The van der Waals surface area contributed by atoms with E-state index in [0.717, 1.165) is 4.47 Å². The Balaban J connectivity index is 2.36. The van der Waals surface area contributed by atoms with Gasteiger partial charge < -0.3 is 0 Å². The minimum absolute atomic E-state index is 0.0814. The summed E-state index contributed by atoms with van der Waals surface area (Å²) in [6.07, 6.45) is 1.77. The molecule has 0 aliphatic heterocycles. The van der Waals surface area contributed by atoms with E-state index in [9.17, 15) is 8.42 Å². The first kappa shape index (κ1) is 16.8. The Morgan fingerprint density at radius 3 is 2.52 bits per heavy atom. The van der Waals surface area contributed by atoms with Gasteiger partial charge in [-0.15, -0.1) is 11.8 Å². The summed E-state index contributed by atoms with van der Waals surface area (Å²) in [6, 6.07) is 8.10. The van der Waals surface area contributed by atoms with Gasteiger partial charge in [0.05, 0.1) is 4.90 Å². The van der Waals surface area contributed by atoms with Crippen LogP contribution in [0.2, 0.25) is 5.15 Å². The number of hydrogen-bond acceptors (Lipinski definition) is 5. The molecule has 2 heterocycles. The number of fused-ring (bicyclic) bond motifs is 1. The van der Waals surface area contributed by atoms with Crippen LogP contribution >= 0.6 is 39.3 Å². The number of sulfone groups is 1. The first-order chi connectivity index (χ1) is 10.8. The molecule has 0 N–H and O–H groups in total. The molecule has 0 saturated carbocycles. The molecule has 0 aliphatic rings.